The molecule has 0 aliphatic rings. The molecule has 0 heterocycles. The Kier molecular flexibility index (Phi) is 4.56. The van der Waals surface area contributed by atoms with Crippen LogP contribution in [0.25, 0.3) is 0 Å². The van der Waals surface area contributed by atoms with E-state index in [9.17, 15) is 8.42 Å². The minimum atomic E-state index is -3.64. The fraction of sp³-hybridized carbons (Fsp3) is 0.571. The zero-order valence-corrected chi connectivity index (χ0v) is 12.5. The molecule has 0 saturated heterocycles. The molecule has 18 heavy (non-hydrogen) atoms. The summed E-state index contributed by atoms with van der Waals surface area (Å²) in [4.78, 5) is 0.215. The van der Waals surface area contributed by atoms with E-state index in [4.69, 9.17) is 4.18 Å². The molecule has 0 saturated carbocycles. The van der Waals surface area contributed by atoms with Crippen molar-refractivity contribution < 1.29 is 12.6 Å². The van der Waals surface area contributed by atoms with Gasteiger partial charge in [0, 0.05) is 0 Å². The Morgan fingerprint density at radius 2 is 1.67 bits per heavy atom. The van der Waals surface area contributed by atoms with E-state index >= 15 is 0 Å². The summed E-state index contributed by atoms with van der Waals surface area (Å²) < 4.78 is 29.1. The van der Waals surface area contributed by atoms with Crippen LogP contribution in [0.3, 0.4) is 0 Å². The smallest absolute Gasteiger partial charge is 0.266 e. The van der Waals surface area contributed by atoms with Crippen molar-refractivity contribution in [3.63, 3.8) is 0 Å². The molecule has 4 heteroatoms. The molecule has 0 radical (unpaired) electrons. The van der Waals surface area contributed by atoms with Crippen LogP contribution in [0.5, 0.6) is 0 Å². The molecule has 0 fully saturated rings. The summed E-state index contributed by atoms with van der Waals surface area (Å²) in [6.07, 6.45) is 0. The Balaban J connectivity index is 2.81. The van der Waals surface area contributed by atoms with Crippen molar-refractivity contribution in [2.45, 2.75) is 39.5 Å². The molecule has 0 bridgehead atoms. The lowest BCUT2D eigenvalue weighted by Crippen LogP contribution is -2.27. The maximum atomic E-state index is 12.0. The molecule has 0 amide bonds. The van der Waals surface area contributed by atoms with Gasteiger partial charge in [-0.15, -0.1) is 0 Å². The molecule has 0 N–H and O–H groups in total. The first-order chi connectivity index (χ1) is 8.15. The van der Waals surface area contributed by atoms with Crippen LogP contribution < -0.4 is 0 Å². The second kappa shape index (κ2) is 5.41. The summed E-state index contributed by atoms with van der Waals surface area (Å²) in [5.74, 6) is 0.353. The van der Waals surface area contributed by atoms with Crippen LogP contribution in [0.15, 0.2) is 29.2 Å². The van der Waals surface area contributed by atoms with Gasteiger partial charge in [0.25, 0.3) is 10.1 Å². The second-order valence-electron chi connectivity index (χ2n) is 5.67. The van der Waals surface area contributed by atoms with E-state index in [1.54, 1.807) is 24.3 Å². The quantitative estimate of drug-likeness (QED) is 0.770. The van der Waals surface area contributed by atoms with Crippen molar-refractivity contribution in [2.24, 2.45) is 11.3 Å². The summed E-state index contributed by atoms with van der Waals surface area (Å²) in [6, 6.07) is 6.69. The Labute approximate surface area is 110 Å². The van der Waals surface area contributed by atoms with Crippen LogP contribution in [-0.2, 0) is 14.3 Å². The molecule has 1 aromatic rings. The highest BCUT2D eigenvalue weighted by Crippen LogP contribution is 2.27. The average Bonchev–Trinajstić information content (AvgIpc) is 2.27. The van der Waals surface area contributed by atoms with Gasteiger partial charge in [0.1, 0.15) is 0 Å². The zero-order valence-electron chi connectivity index (χ0n) is 11.7. The fourth-order valence-corrected chi connectivity index (χ4v) is 2.23. The lowest BCUT2D eigenvalue weighted by Gasteiger charge is -2.28. The molecule has 0 unspecified atom stereocenters. The van der Waals surface area contributed by atoms with Gasteiger partial charge in [-0.05, 0) is 30.4 Å². The van der Waals surface area contributed by atoms with Gasteiger partial charge in [-0.3, -0.25) is 4.18 Å². The SMILES string of the molecule is Cc1ccc(S(=O)(=O)OCC(C)(C)C(C)C)cc1. The van der Waals surface area contributed by atoms with Gasteiger partial charge in [-0.2, -0.15) is 8.42 Å². The topological polar surface area (TPSA) is 43.4 Å². The zero-order chi connectivity index (χ0) is 14.0. The molecule has 102 valence electrons. The molecule has 0 aliphatic carbocycles. The first-order valence-electron chi connectivity index (χ1n) is 6.11. The number of benzene rings is 1. The third-order valence-electron chi connectivity index (χ3n) is 3.46. The summed E-state index contributed by atoms with van der Waals surface area (Å²) in [6.45, 7) is 10.2. The van der Waals surface area contributed by atoms with Gasteiger partial charge < -0.3 is 0 Å². The number of hydrogen-bond acceptors (Lipinski definition) is 3. The van der Waals surface area contributed by atoms with E-state index in [0.29, 0.717) is 5.92 Å². The standard InChI is InChI=1S/C14H22O3S/c1-11(2)14(4,5)10-17-18(15,16)13-8-6-12(3)7-9-13/h6-9,11H,10H2,1-5H3. The van der Waals surface area contributed by atoms with Gasteiger partial charge in [0.05, 0.1) is 11.5 Å². The second-order valence-corrected chi connectivity index (χ2v) is 7.29. The van der Waals surface area contributed by atoms with E-state index < -0.39 is 10.1 Å². The van der Waals surface area contributed by atoms with Gasteiger partial charge in [0.15, 0.2) is 0 Å². The largest absolute Gasteiger partial charge is 0.296 e. The summed E-state index contributed by atoms with van der Waals surface area (Å²) in [5, 5.41) is 0. The monoisotopic (exact) mass is 270 g/mol. The molecule has 1 aromatic carbocycles. The normalized spacial score (nSPS) is 13.0. The minimum absolute atomic E-state index is 0.169. The van der Waals surface area contributed by atoms with E-state index in [1.165, 1.54) is 0 Å². The number of hydrogen-bond donors (Lipinski definition) is 0. The van der Waals surface area contributed by atoms with Crippen LogP contribution in [0.2, 0.25) is 0 Å². The Morgan fingerprint density at radius 3 is 2.11 bits per heavy atom. The van der Waals surface area contributed by atoms with Crippen LogP contribution >= 0.6 is 0 Å². The predicted molar refractivity (Wildman–Crippen MR) is 72.9 cm³/mol. The predicted octanol–water partition coefficient (Wildman–Crippen LogP) is 3.38. The van der Waals surface area contributed by atoms with Crippen LogP contribution in [0.1, 0.15) is 33.3 Å². The van der Waals surface area contributed by atoms with Gasteiger partial charge in [-0.25, -0.2) is 0 Å². The molecular weight excluding hydrogens is 248 g/mol. The van der Waals surface area contributed by atoms with Gasteiger partial charge in [0.2, 0.25) is 0 Å². The van der Waals surface area contributed by atoms with Crippen LogP contribution in [-0.4, -0.2) is 15.0 Å². The molecule has 0 spiro atoms. The van der Waals surface area contributed by atoms with Crippen molar-refractivity contribution >= 4 is 10.1 Å². The third-order valence-corrected chi connectivity index (χ3v) is 4.74. The van der Waals surface area contributed by atoms with Crippen molar-refractivity contribution in [1.82, 2.24) is 0 Å². The molecular formula is C14H22O3S. The fourth-order valence-electron chi connectivity index (χ4n) is 1.17. The van der Waals surface area contributed by atoms with E-state index in [-0.39, 0.29) is 16.9 Å². The van der Waals surface area contributed by atoms with E-state index in [1.807, 2.05) is 20.8 Å². The maximum absolute atomic E-state index is 12.0. The van der Waals surface area contributed by atoms with Crippen LogP contribution in [0.4, 0.5) is 0 Å². The van der Waals surface area contributed by atoms with E-state index in [2.05, 4.69) is 13.8 Å². The first-order valence-corrected chi connectivity index (χ1v) is 7.52. The van der Waals surface area contributed by atoms with Crippen LogP contribution in [0, 0.1) is 18.3 Å². The third kappa shape index (κ3) is 3.82. The molecule has 3 nitrogen and oxygen atoms in total. The average molecular weight is 270 g/mol. The van der Waals surface area contributed by atoms with Crippen molar-refractivity contribution in [3.05, 3.63) is 29.8 Å². The van der Waals surface area contributed by atoms with Gasteiger partial charge in [-0.1, -0.05) is 45.4 Å². The van der Waals surface area contributed by atoms with Crippen molar-refractivity contribution in [3.8, 4) is 0 Å². The number of rotatable bonds is 5. The minimum Gasteiger partial charge on any atom is -0.266 e. The number of aryl methyl sites for hydroxylation is 1. The van der Waals surface area contributed by atoms with Crippen molar-refractivity contribution in [2.75, 3.05) is 6.61 Å². The molecule has 0 aromatic heterocycles. The molecule has 0 atom stereocenters. The summed E-state index contributed by atoms with van der Waals surface area (Å²) >= 11 is 0. The molecule has 0 aliphatic heterocycles. The highest BCUT2D eigenvalue weighted by atomic mass is 32.2. The summed E-state index contributed by atoms with van der Waals surface area (Å²) in [5.41, 5.74) is 0.856. The lowest BCUT2D eigenvalue weighted by atomic mass is 9.82. The maximum Gasteiger partial charge on any atom is 0.296 e. The Bertz CT molecular complexity index is 484. The van der Waals surface area contributed by atoms with Gasteiger partial charge >= 0.3 is 0 Å². The Hall–Kier alpha value is -0.870. The first kappa shape index (κ1) is 15.2. The lowest BCUT2D eigenvalue weighted by molar-refractivity contribution is 0.135. The van der Waals surface area contributed by atoms with E-state index in [0.717, 1.165) is 5.56 Å². The highest BCUT2D eigenvalue weighted by molar-refractivity contribution is 7.86. The van der Waals surface area contributed by atoms with Crippen molar-refractivity contribution in [1.29, 1.82) is 0 Å². The highest BCUT2D eigenvalue weighted by Gasteiger charge is 2.26. The molecule has 1 rings (SSSR count). The summed E-state index contributed by atoms with van der Waals surface area (Å²) in [7, 11) is -3.64. The Morgan fingerprint density at radius 1 is 1.17 bits per heavy atom.